The Hall–Kier alpha value is -7.15. The first kappa shape index (κ1) is 29.7. The number of hydrogen-bond donors (Lipinski definition) is 0. The largest absolute Gasteiger partial charge is 0.309 e. The first-order chi connectivity index (χ1) is 25.7. The van der Waals surface area contributed by atoms with Crippen molar-refractivity contribution < 1.29 is 0 Å². The molecular formula is C49H31N3. The van der Waals surface area contributed by atoms with Gasteiger partial charge in [-0.15, -0.1) is 0 Å². The maximum atomic E-state index is 9.61. The van der Waals surface area contributed by atoms with Gasteiger partial charge < -0.3 is 9.13 Å². The Morgan fingerprint density at radius 3 is 1.54 bits per heavy atom. The molecule has 0 saturated carbocycles. The summed E-state index contributed by atoms with van der Waals surface area (Å²) in [7, 11) is 0. The first-order valence-corrected chi connectivity index (χ1v) is 17.6. The normalized spacial score (nSPS) is 11.4. The Kier molecular flexibility index (Phi) is 6.87. The number of rotatable bonds is 5. The lowest BCUT2D eigenvalue weighted by Gasteiger charge is -2.10. The van der Waals surface area contributed by atoms with E-state index in [1.54, 1.807) is 0 Å². The lowest BCUT2D eigenvalue weighted by atomic mass is 9.97. The van der Waals surface area contributed by atoms with Gasteiger partial charge in [-0.1, -0.05) is 115 Å². The van der Waals surface area contributed by atoms with E-state index in [4.69, 9.17) is 0 Å². The standard InChI is InChI=1S/C49H31N3/c50-32-33-11-9-18-41(27-33)52-46-20-8-7-19-42(46)44-29-37(23-26-48(44)52)38-22-25-47-45(30-38)43-24-21-39(31-49(43)51(47)40-16-5-2-6-17-40)36-15-10-14-35(28-36)34-12-3-1-4-13-34/h1-31H. The van der Waals surface area contributed by atoms with Gasteiger partial charge in [-0.3, -0.25) is 0 Å². The lowest BCUT2D eigenvalue weighted by Crippen LogP contribution is -1.94. The number of benzene rings is 8. The summed E-state index contributed by atoms with van der Waals surface area (Å²) in [6, 6.07) is 69.2. The number of hydrogen-bond acceptors (Lipinski definition) is 1. The maximum Gasteiger partial charge on any atom is 0.0992 e. The molecule has 8 aromatic carbocycles. The number of aromatic nitrogens is 2. The van der Waals surface area contributed by atoms with Crippen LogP contribution < -0.4 is 0 Å². The van der Waals surface area contributed by atoms with Gasteiger partial charge in [0, 0.05) is 32.9 Å². The van der Waals surface area contributed by atoms with E-state index in [1.807, 2.05) is 18.2 Å². The Morgan fingerprint density at radius 1 is 0.308 bits per heavy atom. The molecule has 0 unspecified atom stereocenters. The van der Waals surface area contributed by atoms with Crippen molar-refractivity contribution in [3.63, 3.8) is 0 Å². The fraction of sp³-hybridized carbons (Fsp3) is 0. The monoisotopic (exact) mass is 661 g/mol. The van der Waals surface area contributed by atoms with Crippen LogP contribution in [0, 0.1) is 11.3 Å². The third-order valence-electron chi connectivity index (χ3n) is 10.3. The molecule has 0 N–H and O–H groups in total. The van der Waals surface area contributed by atoms with Crippen molar-refractivity contribution in [1.29, 1.82) is 5.26 Å². The zero-order chi connectivity index (χ0) is 34.6. The highest BCUT2D eigenvalue weighted by molar-refractivity contribution is 6.13. The molecule has 3 heteroatoms. The van der Waals surface area contributed by atoms with E-state index in [0.29, 0.717) is 5.56 Å². The Labute approximate surface area is 301 Å². The van der Waals surface area contributed by atoms with Gasteiger partial charge in [0.05, 0.1) is 33.7 Å². The fourth-order valence-electron chi connectivity index (χ4n) is 7.89. The van der Waals surface area contributed by atoms with Gasteiger partial charge in [0.15, 0.2) is 0 Å². The van der Waals surface area contributed by atoms with E-state index < -0.39 is 0 Å². The third-order valence-corrected chi connectivity index (χ3v) is 10.3. The Bertz CT molecular complexity index is 3010. The molecule has 0 amide bonds. The zero-order valence-corrected chi connectivity index (χ0v) is 28.2. The number of nitrogens with zero attached hydrogens (tertiary/aromatic N) is 3. The van der Waals surface area contributed by atoms with Crippen molar-refractivity contribution in [2.24, 2.45) is 0 Å². The third kappa shape index (κ3) is 4.81. The van der Waals surface area contributed by atoms with Crippen LogP contribution in [0.25, 0.3) is 88.4 Å². The minimum Gasteiger partial charge on any atom is -0.309 e. The second-order valence-corrected chi connectivity index (χ2v) is 13.3. The van der Waals surface area contributed by atoms with Gasteiger partial charge in [0.25, 0.3) is 0 Å². The molecule has 0 atom stereocenters. The van der Waals surface area contributed by atoms with Gasteiger partial charge in [0.2, 0.25) is 0 Å². The van der Waals surface area contributed by atoms with Crippen molar-refractivity contribution in [3.05, 3.63) is 194 Å². The van der Waals surface area contributed by atoms with Crippen LogP contribution in [0.15, 0.2) is 188 Å². The first-order valence-electron chi connectivity index (χ1n) is 17.6. The number of fused-ring (bicyclic) bond motifs is 6. The summed E-state index contributed by atoms with van der Waals surface area (Å²) in [4.78, 5) is 0. The predicted octanol–water partition coefficient (Wildman–Crippen LogP) is 12.8. The summed E-state index contributed by atoms with van der Waals surface area (Å²) in [5, 5.41) is 14.4. The van der Waals surface area contributed by atoms with E-state index in [9.17, 15) is 5.26 Å². The van der Waals surface area contributed by atoms with Gasteiger partial charge in [-0.25, -0.2) is 0 Å². The molecule has 0 saturated heterocycles. The average molecular weight is 662 g/mol. The second kappa shape index (κ2) is 12.0. The minimum atomic E-state index is 0.649. The molecule has 242 valence electrons. The van der Waals surface area contributed by atoms with Crippen LogP contribution in [0.2, 0.25) is 0 Å². The predicted molar refractivity (Wildman–Crippen MR) is 216 cm³/mol. The number of nitriles is 1. The SMILES string of the molecule is N#Cc1cccc(-n2c3ccccc3c3cc(-c4ccc5c(c4)c4ccc(-c6cccc(-c7ccccc7)c6)cc4n5-c4ccccc4)ccc32)c1. The molecule has 10 rings (SSSR count). The molecule has 52 heavy (non-hydrogen) atoms. The lowest BCUT2D eigenvalue weighted by molar-refractivity contribution is 1.18. The Morgan fingerprint density at radius 2 is 0.808 bits per heavy atom. The average Bonchev–Trinajstić information content (AvgIpc) is 3.73. The topological polar surface area (TPSA) is 33.6 Å². The van der Waals surface area contributed by atoms with Crippen LogP contribution in [-0.4, -0.2) is 9.13 Å². The molecule has 0 bridgehead atoms. The molecule has 0 fully saturated rings. The number of para-hydroxylation sites is 2. The summed E-state index contributed by atoms with van der Waals surface area (Å²) in [6.07, 6.45) is 0. The van der Waals surface area contributed by atoms with E-state index in [2.05, 4.69) is 185 Å². The van der Waals surface area contributed by atoms with E-state index >= 15 is 0 Å². The van der Waals surface area contributed by atoms with E-state index in [-0.39, 0.29) is 0 Å². The van der Waals surface area contributed by atoms with Gasteiger partial charge in [-0.05, 0) is 106 Å². The summed E-state index contributed by atoms with van der Waals surface area (Å²) in [6.45, 7) is 0. The smallest absolute Gasteiger partial charge is 0.0992 e. The molecule has 0 aliphatic carbocycles. The summed E-state index contributed by atoms with van der Waals surface area (Å²) >= 11 is 0. The zero-order valence-electron chi connectivity index (χ0n) is 28.2. The van der Waals surface area contributed by atoms with Crippen molar-refractivity contribution in [3.8, 4) is 50.8 Å². The van der Waals surface area contributed by atoms with Crippen molar-refractivity contribution in [1.82, 2.24) is 9.13 Å². The fourth-order valence-corrected chi connectivity index (χ4v) is 7.89. The van der Waals surface area contributed by atoms with E-state index in [0.717, 1.165) is 28.0 Å². The van der Waals surface area contributed by atoms with Crippen molar-refractivity contribution in [2.45, 2.75) is 0 Å². The van der Waals surface area contributed by atoms with Crippen molar-refractivity contribution >= 4 is 43.6 Å². The van der Waals surface area contributed by atoms with Crippen LogP contribution in [0.4, 0.5) is 0 Å². The summed E-state index contributed by atoms with van der Waals surface area (Å²) in [5.74, 6) is 0. The molecular weight excluding hydrogens is 631 g/mol. The molecule has 0 spiro atoms. The molecule has 0 radical (unpaired) electrons. The molecule has 3 nitrogen and oxygen atoms in total. The van der Waals surface area contributed by atoms with Gasteiger partial charge in [-0.2, -0.15) is 5.26 Å². The van der Waals surface area contributed by atoms with Crippen LogP contribution in [-0.2, 0) is 0 Å². The van der Waals surface area contributed by atoms with E-state index in [1.165, 1.54) is 60.4 Å². The van der Waals surface area contributed by atoms with Crippen LogP contribution in [0.3, 0.4) is 0 Å². The highest BCUT2D eigenvalue weighted by Gasteiger charge is 2.17. The van der Waals surface area contributed by atoms with Crippen LogP contribution in [0.5, 0.6) is 0 Å². The van der Waals surface area contributed by atoms with Crippen molar-refractivity contribution in [2.75, 3.05) is 0 Å². The molecule has 10 aromatic rings. The highest BCUT2D eigenvalue weighted by atomic mass is 15.0. The molecule has 0 aliphatic rings. The molecule has 2 heterocycles. The van der Waals surface area contributed by atoms with Crippen LogP contribution >= 0.6 is 0 Å². The van der Waals surface area contributed by atoms with Gasteiger partial charge >= 0.3 is 0 Å². The maximum absolute atomic E-state index is 9.61. The molecule has 2 aromatic heterocycles. The molecule has 0 aliphatic heterocycles. The highest BCUT2D eigenvalue weighted by Crippen LogP contribution is 2.39. The minimum absolute atomic E-state index is 0.649. The van der Waals surface area contributed by atoms with Crippen LogP contribution in [0.1, 0.15) is 5.56 Å². The second-order valence-electron chi connectivity index (χ2n) is 13.3. The quantitative estimate of drug-likeness (QED) is 0.181. The van der Waals surface area contributed by atoms with Gasteiger partial charge in [0.1, 0.15) is 0 Å². The summed E-state index contributed by atoms with van der Waals surface area (Å²) < 4.78 is 4.66. The summed E-state index contributed by atoms with van der Waals surface area (Å²) in [5.41, 5.74) is 14.5. The Balaban J connectivity index is 1.14.